The number of benzene rings is 2. The van der Waals surface area contributed by atoms with E-state index in [-0.39, 0.29) is 11.7 Å². The van der Waals surface area contributed by atoms with Crippen molar-refractivity contribution in [1.29, 1.82) is 0 Å². The molecule has 2 heterocycles. The summed E-state index contributed by atoms with van der Waals surface area (Å²) < 4.78 is 15.3. The van der Waals surface area contributed by atoms with Crippen molar-refractivity contribution >= 4 is 16.8 Å². The van der Waals surface area contributed by atoms with Crippen molar-refractivity contribution in [2.24, 2.45) is 0 Å². The van der Waals surface area contributed by atoms with Gasteiger partial charge in [0.1, 0.15) is 5.82 Å². The summed E-state index contributed by atoms with van der Waals surface area (Å²) in [5, 5.41) is 4.01. The van der Waals surface area contributed by atoms with Crippen LogP contribution in [0.15, 0.2) is 48.5 Å². The molecule has 0 saturated carbocycles. The Kier molecular flexibility index (Phi) is 3.81. The third-order valence-electron chi connectivity index (χ3n) is 4.72. The quantitative estimate of drug-likeness (QED) is 0.784. The van der Waals surface area contributed by atoms with Crippen molar-refractivity contribution in [3.8, 4) is 0 Å². The highest BCUT2D eigenvalue weighted by Gasteiger charge is 2.23. The van der Waals surface area contributed by atoms with Gasteiger partial charge in [0.25, 0.3) is 5.91 Å². The summed E-state index contributed by atoms with van der Waals surface area (Å²) in [5.41, 5.74) is 4.14. The SMILES string of the molecule is O=C1NCCCc2c1c1ccccc1n2CCc1ccc(F)cc1. The van der Waals surface area contributed by atoms with Crippen molar-refractivity contribution in [1.82, 2.24) is 9.88 Å². The second kappa shape index (κ2) is 6.11. The Bertz CT molecular complexity index is 896. The fourth-order valence-electron chi connectivity index (χ4n) is 3.56. The van der Waals surface area contributed by atoms with E-state index in [1.807, 2.05) is 30.3 Å². The zero-order valence-electron chi connectivity index (χ0n) is 13.4. The van der Waals surface area contributed by atoms with Crippen LogP contribution in [0.2, 0.25) is 0 Å². The summed E-state index contributed by atoms with van der Waals surface area (Å²) in [6.45, 7) is 1.51. The van der Waals surface area contributed by atoms with Crippen LogP contribution in [0.25, 0.3) is 10.9 Å². The van der Waals surface area contributed by atoms with Crippen molar-refractivity contribution in [3.63, 3.8) is 0 Å². The third-order valence-corrected chi connectivity index (χ3v) is 4.72. The lowest BCUT2D eigenvalue weighted by atomic mass is 10.1. The number of hydrogen-bond acceptors (Lipinski definition) is 1. The molecule has 1 amide bonds. The topological polar surface area (TPSA) is 34.0 Å². The van der Waals surface area contributed by atoms with Crippen LogP contribution in [0.4, 0.5) is 4.39 Å². The molecule has 4 heteroatoms. The van der Waals surface area contributed by atoms with E-state index in [0.717, 1.165) is 60.1 Å². The summed E-state index contributed by atoms with van der Waals surface area (Å²) in [6.07, 6.45) is 2.66. The maximum atomic E-state index is 13.1. The van der Waals surface area contributed by atoms with Crippen molar-refractivity contribution in [2.45, 2.75) is 25.8 Å². The van der Waals surface area contributed by atoms with E-state index in [2.05, 4.69) is 16.0 Å². The summed E-state index contributed by atoms with van der Waals surface area (Å²) >= 11 is 0. The van der Waals surface area contributed by atoms with Crippen molar-refractivity contribution < 1.29 is 9.18 Å². The van der Waals surface area contributed by atoms with Crippen LogP contribution in [0.3, 0.4) is 0 Å². The predicted octanol–water partition coefficient (Wildman–Crippen LogP) is 3.70. The Morgan fingerprint density at radius 3 is 2.71 bits per heavy atom. The van der Waals surface area contributed by atoms with Gasteiger partial charge in [0.2, 0.25) is 0 Å². The standard InChI is InChI=1S/C20H19FN2O/c21-15-9-7-14(8-10-15)11-13-23-17-5-2-1-4-16(17)19-18(23)6-3-12-22-20(19)24/h1-2,4-5,7-10H,3,6,11-13H2,(H,22,24). The molecule has 0 spiro atoms. The first-order valence-corrected chi connectivity index (χ1v) is 8.37. The average molecular weight is 322 g/mol. The highest BCUT2D eigenvalue weighted by Crippen LogP contribution is 2.29. The molecule has 3 aromatic rings. The smallest absolute Gasteiger partial charge is 0.253 e. The fraction of sp³-hybridized carbons (Fsp3) is 0.250. The van der Waals surface area contributed by atoms with Gasteiger partial charge in [-0.3, -0.25) is 4.79 Å². The first kappa shape index (κ1) is 14.9. The molecule has 0 saturated heterocycles. The highest BCUT2D eigenvalue weighted by atomic mass is 19.1. The van der Waals surface area contributed by atoms with Crippen LogP contribution in [0.1, 0.15) is 28.0 Å². The minimum atomic E-state index is -0.212. The summed E-state index contributed by atoms with van der Waals surface area (Å²) in [5.74, 6) is -0.185. The zero-order chi connectivity index (χ0) is 16.5. The number of amides is 1. The molecule has 1 aliphatic heterocycles. The van der Waals surface area contributed by atoms with E-state index in [1.165, 1.54) is 12.1 Å². The van der Waals surface area contributed by atoms with E-state index >= 15 is 0 Å². The van der Waals surface area contributed by atoms with E-state index in [9.17, 15) is 9.18 Å². The van der Waals surface area contributed by atoms with E-state index in [1.54, 1.807) is 0 Å². The predicted molar refractivity (Wildman–Crippen MR) is 92.7 cm³/mol. The Hall–Kier alpha value is -2.62. The zero-order valence-corrected chi connectivity index (χ0v) is 13.4. The van der Waals surface area contributed by atoms with Gasteiger partial charge in [0, 0.05) is 29.7 Å². The second-order valence-electron chi connectivity index (χ2n) is 6.23. The number of carbonyl (C=O) groups is 1. The number of halogens is 1. The lowest BCUT2D eigenvalue weighted by molar-refractivity contribution is 0.0957. The van der Waals surface area contributed by atoms with E-state index < -0.39 is 0 Å². The van der Waals surface area contributed by atoms with Crippen LogP contribution in [-0.2, 0) is 19.4 Å². The van der Waals surface area contributed by atoms with Gasteiger partial charge in [-0.15, -0.1) is 0 Å². The van der Waals surface area contributed by atoms with Crippen molar-refractivity contribution in [2.75, 3.05) is 6.54 Å². The highest BCUT2D eigenvalue weighted by molar-refractivity contribution is 6.08. The van der Waals surface area contributed by atoms with Crippen LogP contribution >= 0.6 is 0 Å². The number of aromatic nitrogens is 1. The number of carbonyl (C=O) groups excluding carboxylic acids is 1. The molecule has 1 N–H and O–H groups in total. The average Bonchev–Trinajstić information content (AvgIpc) is 2.78. The maximum Gasteiger partial charge on any atom is 0.253 e. The minimum Gasteiger partial charge on any atom is -0.352 e. The normalized spacial score (nSPS) is 14.3. The second-order valence-corrected chi connectivity index (χ2v) is 6.23. The van der Waals surface area contributed by atoms with Crippen LogP contribution in [-0.4, -0.2) is 17.0 Å². The van der Waals surface area contributed by atoms with Crippen LogP contribution < -0.4 is 5.32 Å². The molecule has 24 heavy (non-hydrogen) atoms. The molecule has 1 aromatic heterocycles. The molecule has 0 atom stereocenters. The molecule has 2 aromatic carbocycles. The van der Waals surface area contributed by atoms with E-state index in [0.29, 0.717) is 0 Å². The minimum absolute atomic E-state index is 0.0271. The Morgan fingerprint density at radius 1 is 1.08 bits per heavy atom. The molecule has 3 nitrogen and oxygen atoms in total. The van der Waals surface area contributed by atoms with Gasteiger partial charge < -0.3 is 9.88 Å². The maximum absolute atomic E-state index is 13.1. The molecule has 1 aliphatic rings. The molecule has 0 radical (unpaired) electrons. The summed E-state index contributed by atoms with van der Waals surface area (Å²) in [7, 11) is 0. The number of aryl methyl sites for hydroxylation is 2. The van der Waals surface area contributed by atoms with E-state index in [4.69, 9.17) is 0 Å². The first-order chi connectivity index (χ1) is 11.7. The summed E-state index contributed by atoms with van der Waals surface area (Å²) in [4.78, 5) is 12.5. The number of fused-ring (bicyclic) bond motifs is 3. The molecule has 122 valence electrons. The fourth-order valence-corrected chi connectivity index (χ4v) is 3.56. The Labute approximate surface area is 140 Å². The lowest BCUT2D eigenvalue weighted by Gasteiger charge is -2.11. The number of rotatable bonds is 3. The monoisotopic (exact) mass is 322 g/mol. The number of nitrogens with one attached hydrogen (secondary N) is 1. The van der Waals surface area contributed by atoms with Gasteiger partial charge in [-0.05, 0) is 43.0 Å². The van der Waals surface area contributed by atoms with Gasteiger partial charge in [-0.25, -0.2) is 4.39 Å². The molecule has 0 bridgehead atoms. The number of para-hydroxylation sites is 1. The molecule has 0 aliphatic carbocycles. The largest absolute Gasteiger partial charge is 0.352 e. The van der Waals surface area contributed by atoms with Crippen molar-refractivity contribution in [3.05, 3.63) is 71.2 Å². The van der Waals surface area contributed by atoms with Gasteiger partial charge in [0.15, 0.2) is 0 Å². The van der Waals surface area contributed by atoms with Gasteiger partial charge in [0.05, 0.1) is 5.56 Å². The number of nitrogens with zero attached hydrogens (tertiary/aromatic N) is 1. The van der Waals surface area contributed by atoms with Gasteiger partial charge >= 0.3 is 0 Å². The third kappa shape index (κ3) is 2.58. The molecular formula is C20H19FN2O. The molecule has 4 rings (SSSR count). The Balaban J connectivity index is 1.75. The lowest BCUT2D eigenvalue weighted by Crippen LogP contribution is -2.22. The Morgan fingerprint density at radius 2 is 1.88 bits per heavy atom. The molecule has 0 unspecified atom stereocenters. The van der Waals surface area contributed by atoms with Gasteiger partial charge in [-0.1, -0.05) is 30.3 Å². The van der Waals surface area contributed by atoms with Crippen LogP contribution in [0.5, 0.6) is 0 Å². The van der Waals surface area contributed by atoms with Crippen LogP contribution in [0, 0.1) is 5.82 Å². The number of hydrogen-bond donors (Lipinski definition) is 1. The first-order valence-electron chi connectivity index (χ1n) is 8.37. The molecule has 0 fully saturated rings. The summed E-state index contributed by atoms with van der Waals surface area (Å²) in [6, 6.07) is 14.7. The molecular weight excluding hydrogens is 303 g/mol. The van der Waals surface area contributed by atoms with Gasteiger partial charge in [-0.2, -0.15) is 0 Å².